The number of carboxylic acid groups (broad SMARTS) is 1. The molecule has 0 bridgehead atoms. The smallest absolute Gasteiger partial charge is 0.408 e. The number of ether oxygens (including phenoxy) is 1. The Morgan fingerprint density at radius 3 is 2.44 bits per heavy atom. The van der Waals surface area contributed by atoms with E-state index in [1.54, 1.807) is 56.5 Å². The average molecular weight is 376 g/mol. The van der Waals surface area contributed by atoms with Gasteiger partial charge in [0.15, 0.2) is 0 Å². The van der Waals surface area contributed by atoms with Gasteiger partial charge in [0.05, 0.1) is 5.69 Å². The largest absolute Gasteiger partial charge is 0.480 e. The maximum absolute atomic E-state index is 14.2. The van der Waals surface area contributed by atoms with Crippen LogP contribution in [-0.2, 0) is 16.0 Å². The van der Waals surface area contributed by atoms with Crippen molar-refractivity contribution in [3.63, 3.8) is 0 Å². The third kappa shape index (κ3) is 5.09. The molecule has 27 heavy (non-hydrogen) atoms. The molecule has 1 amide bonds. The monoisotopic (exact) mass is 376 g/mol. The van der Waals surface area contributed by atoms with Crippen molar-refractivity contribution in [3.05, 3.63) is 53.1 Å². The normalized spacial score (nSPS) is 12.5. The highest BCUT2D eigenvalue weighted by Gasteiger charge is 2.26. The van der Waals surface area contributed by atoms with Crippen LogP contribution in [0.15, 0.2) is 30.3 Å². The predicted octanol–water partition coefficient (Wildman–Crippen LogP) is 3.75. The molecule has 2 N–H and O–H groups in total. The Hall–Kier alpha value is -2.83. The predicted molar refractivity (Wildman–Crippen MR) is 99.7 cm³/mol. The second-order valence-corrected chi connectivity index (χ2v) is 7.42. The van der Waals surface area contributed by atoms with E-state index >= 15 is 0 Å². The van der Waals surface area contributed by atoms with Gasteiger partial charge in [-0.3, -0.25) is 0 Å². The van der Waals surface area contributed by atoms with E-state index in [1.165, 1.54) is 6.07 Å². The van der Waals surface area contributed by atoms with Gasteiger partial charge in [0, 0.05) is 17.8 Å². The van der Waals surface area contributed by atoms with Crippen molar-refractivity contribution in [1.29, 1.82) is 0 Å². The number of para-hydroxylation sites is 1. The van der Waals surface area contributed by atoms with Gasteiger partial charge in [-0.2, -0.15) is 0 Å². The quantitative estimate of drug-likeness (QED) is 0.833. The number of aromatic nitrogens is 1. The van der Waals surface area contributed by atoms with Gasteiger partial charge in [-0.05, 0) is 58.4 Å². The Labute approximate surface area is 158 Å². The van der Waals surface area contributed by atoms with Gasteiger partial charge in [-0.25, -0.2) is 14.0 Å². The summed E-state index contributed by atoms with van der Waals surface area (Å²) >= 11 is 0. The molecule has 6 nitrogen and oxygen atoms in total. The fraction of sp³-hybridized carbons (Fsp3) is 0.400. The molecule has 0 saturated carbocycles. The summed E-state index contributed by atoms with van der Waals surface area (Å²) in [6.45, 7) is 8.71. The molecule has 0 radical (unpaired) electrons. The number of benzene rings is 1. The van der Waals surface area contributed by atoms with Crippen molar-refractivity contribution >= 4 is 12.1 Å². The molecule has 0 aliphatic rings. The molecule has 0 aliphatic heterocycles. The van der Waals surface area contributed by atoms with Crippen LogP contribution in [0.2, 0.25) is 0 Å². The fourth-order valence-corrected chi connectivity index (χ4v) is 2.91. The number of nitrogens with zero attached hydrogens (tertiary/aromatic N) is 1. The number of rotatable bonds is 5. The van der Waals surface area contributed by atoms with Crippen LogP contribution in [0.4, 0.5) is 9.18 Å². The third-order valence-electron chi connectivity index (χ3n) is 4.04. The molecule has 0 spiro atoms. The molecular weight excluding hydrogens is 351 g/mol. The highest BCUT2D eigenvalue weighted by molar-refractivity contribution is 5.80. The Kier molecular flexibility index (Phi) is 5.93. The lowest BCUT2D eigenvalue weighted by Crippen LogP contribution is -2.44. The first-order valence-corrected chi connectivity index (χ1v) is 8.64. The molecule has 7 heteroatoms. The van der Waals surface area contributed by atoms with Crippen molar-refractivity contribution in [3.8, 4) is 5.69 Å². The number of carboxylic acids is 1. The topological polar surface area (TPSA) is 80.6 Å². The number of alkyl carbamates (subject to hydrolysis) is 1. The number of aryl methyl sites for hydroxylation is 1. The number of carbonyl (C=O) groups is 2. The van der Waals surface area contributed by atoms with Gasteiger partial charge in [0.1, 0.15) is 17.5 Å². The van der Waals surface area contributed by atoms with Crippen LogP contribution < -0.4 is 5.32 Å². The highest BCUT2D eigenvalue weighted by atomic mass is 19.1. The average Bonchev–Trinajstić information content (AvgIpc) is 2.79. The van der Waals surface area contributed by atoms with E-state index < -0.39 is 23.7 Å². The summed E-state index contributed by atoms with van der Waals surface area (Å²) in [5.41, 5.74) is 1.86. The van der Waals surface area contributed by atoms with Gasteiger partial charge in [-0.15, -0.1) is 0 Å². The molecular formula is C20H25FN2O4. The molecule has 1 unspecified atom stereocenters. The van der Waals surface area contributed by atoms with Crippen LogP contribution in [-0.4, -0.2) is 33.4 Å². The summed E-state index contributed by atoms with van der Waals surface area (Å²) in [5, 5.41) is 11.9. The van der Waals surface area contributed by atoms with E-state index in [2.05, 4.69) is 5.32 Å². The number of hydrogen-bond donors (Lipinski definition) is 2. The van der Waals surface area contributed by atoms with E-state index in [4.69, 9.17) is 4.74 Å². The van der Waals surface area contributed by atoms with E-state index in [9.17, 15) is 19.1 Å². The second kappa shape index (κ2) is 7.82. The molecule has 0 saturated heterocycles. The minimum Gasteiger partial charge on any atom is -0.480 e. The van der Waals surface area contributed by atoms with Crippen molar-refractivity contribution in [2.24, 2.45) is 0 Å². The summed E-state index contributed by atoms with van der Waals surface area (Å²) in [7, 11) is 0. The zero-order chi connectivity index (χ0) is 20.4. The maximum atomic E-state index is 14.2. The zero-order valence-electron chi connectivity index (χ0n) is 16.2. The van der Waals surface area contributed by atoms with Crippen LogP contribution in [0.5, 0.6) is 0 Å². The van der Waals surface area contributed by atoms with Crippen molar-refractivity contribution in [2.75, 3.05) is 0 Å². The van der Waals surface area contributed by atoms with Crippen LogP contribution in [0.1, 0.15) is 37.7 Å². The lowest BCUT2D eigenvalue weighted by molar-refractivity contribution is -0.139. The number of halogens is 1. The molecule has 146 valence electrons. The van der Waals surface area contributed by atoms with E-state index in [1.807, 2.05) is 6.92 Å². The Bertz CT molecular complexity index is 852. The van der Waals surface area contributed by atoms with Crippen LogP contribution in [0, 0.1) is 19.7 Å². The van der Waals surface area contributed by atoms with Gasteiger partial charge < -0.3 is 19.7 Å². The minimum atomic E-state index is -1.17. The maximum Gasteiger partial charge on any atom is 0.408 e. The standard InChI is InChI=1S/C20H25FN2O4/c1-12-10-14(13(2)23(12)17-9-7-6-8-15(17)21)11-16(18(24)25)22-19(26)27-20(3,4)5/h6-10,16H,11H2,1-5H3,(H,22,26)(H,24,25). The summed E-state index contributed by atoms with van der Waals surface area (Å²) in [6, 6.07) is 7.02. The van der Waals surface area contributed by atoms with E-state index in [0.717, 1.165) is 11.4 Å². The second-order valence-electron chi connectivity index (χ2n) is 7.42. The summed E-state index contributed by atoms with van der Waals surface area (Å²) in [6.07, 6.45) is -0.735. The molecule has 2 rings (SSSR count). The molecule has 2 aromatic rings. The van der Waals surface area contributed by atoms with Crippen LogP contribution >= 0.6 is 0 Å². The number of carbonyl (C=O) groups excluding carboxylic acids is 1. The van der Waals surface area contributed by atoms with Crippen molar-refractivity contribution in [2.45, 2.75) is 52.7 Å². The molecule has 1 aromatic carbocycles. The number of amides is 1. The molecule has 0 aliphatic carbocycles. The van der Waals surface area contributed by atoms with Crippen molar-refractivity contribution in [1.82, 2.24) is 9.88 Å². The first-order valence-electron chi connectivity index (χ1n) is 8.64. The van der Waals surface area contributed by atoms with E-state index in [0.29, 0.717) is 11.3 Å². The van der Waals surface area contributed by atoms with Crippen molar-refractivity contribution < 1.29 is 23.8 Å². The molecule has 1 aromatic heterocycles. The van der Waals surface area contributed by atoms with Gasteiger partial charge in [0.25, 0.3) is 0 Å². The lowest BCUT2D eigenvalue weighted by Gasteiger charge is -2.22. The Morgan fingerprint density at radius 2 is 1.89 bits per heavy atom. The summed E-state index contributed by atoms with van der Waals surface area (Å²) in [4.78, 5) is 23.5. The summed E-state index contributed by atoms with van der Waals surface area (Å²) in [5.74, 6) is -1.54. The third-order valence-corrected chi connectivity index (χ3v) is 4.04. The van der Waals surface area contributed by atoms with Crippen LogP contribution in [0.25, 0.3) is 5.69 Å². The van der Waals surface area contributed by atoms with Gasteiger partial charge in [0.2, 0.25) is 0 Å². The molecule has 0 fully saturated rings. The fourth-order valence-electron chi connectivity index (χ4n) is 2.91. The Balaban J connectivity index is 2.27. The number of nitrogens with one attached hydrogen (secondary N) is 1. The minimum absolute atomic E-state index is 0.0582. The highest BCUT2D eigenvalue weighted by Crippen LogP contribution is 2.24. The van der Waals surface area contributed by atoms with Gasteiger partial charge >= 0.3 is 12.1 Å². The van der Waals surface area contributed by atoms with Crippen LogP contribution in [0.3, 0.4) is 0 Å². The SMILES string of the molecule is Cc1cc(CC(NC(=O)OC(C)(C)C)C(=O)O)c(C)n1-c1ccccc1F. The first kappa shape index (κ1) is 20.5. The van der Waals surface area contributed by atoms with Gasteiger partial charge in [-0.1, -0.05) is 12.1 Å². The van der Waals surface area contributed by atoms with E-state index in [-0.39, 0.29) is 12.2 Å². The lowest BCUT2D eigenvalue weighted by atomic mass is 10.1. The summed E-state index contributed by atoms with van der Waals surface area (Å²) < 4.78 is 21.0. The zero-order valence-corrected chi connectivity index (χ0v) is 16.2. The number of hydrogen-bond acceptors (Lipinski definition) is 3. The molecule has 1 atom stereocenters. The number of aliphatic carboxylic acids is 1. The molecule has 1 heterocycles. The Morgan fingerprint density at radius 1 is 1.26 bits per heavy atom. The first-order chi connectivity index (χ1) is 12.5.